The molecule has 1 atom stereocenters. The maximum Gasteiger partial charge on any atom is 0.0205 e. The van der Waals surface area contributed by atoms with Crippen molar-refractivity contribution in [1.29, 1.82) is 0 Å². The molecule has 1 N–H and O–H groups in total. The number of nitrogens with one attached hydrogen (secondary N) is 1. The Hall–Kier alpha value is -0.860. The van der Waals surface area contributed by atoms with Gasteiger partial charge in [-0.15, -0.1) is 0 Å². The number of hydrogen-bond acceptors (Lipinski definition) is 2. The first-order chi connectivity index (χ1) is 7.79. The fourth-order valence-corrected chi connectivity index (χ4v) is 2.43. The van der Waals surface area contributed by atoms with Crippen LogP contribution in [0.4, 0.5) is 0 Å². The van der Waals surface area contributed by atoms with Gasteiger partial charge in [0.25, 0.3) is 0 Å². The summed E-state index contributed by atoms with van der Waals surface area (Å²) in [5.74, 6) is 0.742. The Kier molecular flexibility index (Phi) is 3.97. The number of likely N-dealkylation sites (N-methyl/N-ethyl adjacent to an activating group) is 1. The fraction of sp³-hybridized carbons (Fsp3) is 0.571. The smallest absolute Gasteiger partial charge is 0.0205 e. The summed E-state index contributed by atoms with van der Waals surface area (Å²) in [5, 5.41) is 3.38. The maximum atomic E-state index is 3.38. The van der Waals surface area contributed by atoms with Crippen LogP contribution in [-0.4, -0.2) is 31.6 Å². The van der Waals surface area contributed by atoms with Crippen LogP contribution in [0.3, 0.4) is 0 Å². The van der Waals surface area contributed by atoms with Gasteiger partial charge in [-0.3, -0.25) is 0 Å². The molecule has 0 spiro atoms. The van der Waals surface area contributed by atoms with Crippen LogP contribution in [0.1, 0.15) is 30.4 Å². The van der Waals surface area contributed by atoms with Crippen molar-refractivity contribution in [3.05, 3.63) is 35.4 Å². The van der Waals surface area contributed by atoms with Crippen LogP contribution in [0.15, 0.2) is 24.3 Å². The molecule has 0 radical (unpaired) electrons. The van der Waals surface area contributed by atoms with Crippen LogP contribution < -0.4 is 5.32 Å². The van der Waals surface area contributed by atoms with Gasteiger partial charge in [0, 0.05) is 13.1 Å². The van der Waals surface area contributed by atoms with Crippen LogP contribution in [0.5, 0.6) is 0 Å². The fourth-order valence-electron chi connectivity index (χ4n) is 2.43. The Bertz CT molecular complexity index is 335. The Morgan fingerprint density at radius 3 is 3.00 bits per heavy atom. The van der Waals surface area contributed by atoms with Crippen molar-refractivity contribution in [2.24, 2.45) is 0 Å². The average molecular weight is 218 g/mol. The number of nitrogens with zero attached hydrogens (tertiary/aromatic N) is 1. The molecule has 0 bridgehead atoms. The summed E-state index contributed by atoms with van der Waals surface area (Å²) in [5.41, 5.74) is 2.92. The minimum atomic E-state index is 0.742. The van der Waals surface area contributed by atoms with E-state index in [0.29, 0.717) is 0 Å². The van der Waals surface area contributed by atoms with Crippen molar-refractivity contribution in [3.8, 4) is 0 Å². The molecule has 1 aliphatic heterocycles. The summed E-state index contributed by atoms with van der Waals surface area (Å²) in [7, 11) is 2.21. The SMILES string of the molecule is CCNCc1cccc(C2CCN(C)C2)c1. The van der Waals surface area contributed by atoms with E-state index in [9.17, 15) is 0 Å². The molecule has 1 heterocycles. The highest BCUT2D eigenvalue weighted by Gasteiger charge is 2.20. The van der Waals surface area contributed by atoms with Crippen molar-refractivity contribution in [3.63, 3.8) is 0 Å². The van der Waals surface area contributed by atoms with Crippen LogP contribution in [0.25, 0.3) is 0 Å². The minimum Gasteiger partial charge on any atom is -0.313 e. The molecule has 1 aromatic carbocycles. The van der Waals surface area contributed by atoms with Gasteiger partial charge in [-0.1, -0.05) is 31.2 Å². The second-order valence-corrected chi connectivity index (χ2v) is 4.77. The standard InChI is InChI=1S/C14H22N2/c1-3-15-10-12-5-4-6-13(9-12)14-7-8-16(2)11-14/h4-6,9,14-15H,3,7-8,10-11H2,1-2H3. The predicted molar refractivity (Wildman–Crippen MR) is 68.7 cm³/mol. The molecule has 1 fully saturated rings. The number of likely N-dealkylation sites (tertiary alicyclic amines) is 1. The highest BCUT2D eigenvalue weighted by Crippen LogP contribution is 2.26. The van der Waals surface area contributed by atoms with Gasteiger partial charge in [0.1, 0.15) is 0 Å². The molecule has 0 saturated carbocycles. The molecule has 1 aromatic rings. The monoisotopic (exact) mass is 218 g/mol. The Morgan fingerprint density at radius 1 is 1.44 bits per heavy atom. The number of hydrogen-bond donors (Lipinski definition) is 1. The second kappa shape index (κ2) is 5.46. The van der Waals surface area contributed by atoms with Gasteiger partial charge in [0.2, 0.25) is 0 Å². The quantitative estimate of drug-likeness (QED) is 0.833. The van der Waals surface area contributed by atoms with E-state index in [4.69, 9.17) is 0 Å². The maximum absolute atomic E-state index is 3.38. The molecule has 1 saturated heterocycles. The molecule has 2 rings (SSSR count). The predicted octanol–water partition coefficient (Wildman–Crippen LogP) is 2.22. The molecular formula is C14H22N2. The molecule has 16 heavy (non-hydrogen) atoms. The third kappa shape index (κ3) is 2.83. The lowest BCUT2D eigenvalue weighted by Gasteiger charge is -2.12. The van der Waals surface area contributed by atoms with E-state index >= 15 is 0 Å². The molecule has 88 valence electrons. The molecule has 2 heteroatoms. The number of benzene rings is 1. The van der Waals surface area contributed by atoms with E-state index in [-0.39, 0.29) is 0 Å². The van der Waals surface area contributed by atoms with Gasteiger partial charge in [-0.2, -0.15) is 0 Å². The summed E-state index contributed by atoms with van der Waals surface area (Å²) in [6.07, 6.45) is 1.31. The summed E-state index contributed by atoms with van der Waals surface area (Å²) < 4.78 is 0. The summed E-state index contributed by atoms with van der Waals surface area (Å²) in [6, 6.07) is 9.05. The van der Waals surface area contributed by atoms with Gasteiger partial charge >= 0.3 is 0 Å². The van der Waals surface area contributed by atoms with Gasteiger partial charge < -0.3 is 10.2 Å². The summed E-state index contributed by atoms with van der Waals surface area (Å²) in [4.78, 5) is 2.42. The first-order valence-corrected chi connectivity index (χ1v) is 6.27. The van der Waals surface area contributed by atoms with Crippen molar-refractivity contribution < 1.29 is 0 Å². The first kappa shape index (κ1) is 11.6. The third-order valence-electron chi connectivity index (χ3n) is 3.39. The van der Waals surface area contributed by atoms with Crippen LogP contribution in [-0.2, 0) is 6.54 Å². The van der Waals surface area contributed by atoms with Gasteiger partial charge in [-0.05, 0) is 43.6 Å². The van der Waals surface area contributed by atoms with E-state index in [1.807, 2.05) is 0 Å². The third-order valence-corrected chi connectivity index (χ3v) is 3.39. The van der Waals surface area contributed by atoms with Crippen molar-refractivity contribution in [2.45, 2.75) is 25.8 Å². The second-order valence-electron chi connectivity index (χ2n) is 4.77. The molecule has 0 aromatic heterocycles. The molecule has 2 nitrogen and oxygen atoms in total. The van der Waals surface area contributed by atoms with E-state index < -0.39 is 0 Å². The van der Waals surface area contributed by atoms with Crippen LogP contribution in [0.2, 0.25) is 0 Å². The zero-order chi connectivity index (χ0) is 11.4. The van der Waals surface area contributed by atoms with E-state index in [1.54, 1.807) is 0 Å². The minimum absolute atomic E-state index is 0.742. The van der Waals surface area contributed by atoms with Crippen molar-refractivity contribution in [2.75, 3.05) is 26.7 Å². The van der Waals surface area contributed by atoms with Gasteiger partial charge in [0.05, 0.1) is 0 Å². The molecule has 1 aliphatic rings. The summed E-state index contributed by atoms with van der Waals surface area (Å²) in [6.45, 7) is 6.63. The van der Waals surface area contributed by atoms with E-state index in [1.165, 1.54) is 30.6 Å². The topological polar surface area (TPSA) is 15.3 Å². The molecular weight excluding hydrogens is 196 g/mol. The van der Waals surface area contributed by atoms with Gasteiger partial charge in [0.15, 0.2) is 0 Å². The lowest BCUT2D eigenvalue weighted by molar-refractivity contribution is 0.411. The largest absolute Gasteiger partial charge is 0.313 e. The Balaban J connectivity index is 2.04. The highest BCUT2D eigenvalue weighted by atomic mass is 15.1. The Labute approximate surface area is 98.7 Å². The molecule has 0 aliphatic carbocycles. The summed E-state index contributed by atoms with van der Waals surface area (Å²) >= 11 is 0. The zero-order valence-corrected chi connectivity index (χ0v) is 10.4. The van der Waals surface area contributed by atoms with Crippen molar-refractivity contribution >= 4 is 0 Å². The Morgan fingerprint density at radius 2 is 2.31 bits per heavy atom. The first-order valence-electron chi connectivity index (χ1n) is 6.27. The zero-order valence-electron chi connectivity index (χ0n) is 10.4. The normalized spacial score (nSPS) is 21.5. The van der Waals surface area contributed by atoms with Crippen molar-refractivity contribution in [1.82, 2.24) is 10.2 Å². The molecule has 0 amide bonds. The van der Waals surface area contributed by atoms with Crippen LogP contribution in [0, 0.1) is 0 Å². The van der Waals surface area contributed by atoms with Gasteiger partial charge in [-0.25, -0.2) is 0 Å². The average Bonchev–Trinajstić information content (AvgIpc) is 2.74. The number of rotatable bonds is 4. The highest BCUT2D eigenvalue weighted by molar-refractivity contribution is 5.27. The van der Waals surface area contributed by atoms with E-state index in [2.05, 4.69) is 48.5 Å². The lowest BCUT2D eigenvalue weighted by Crippen LogP contribution is -2.14. The van der Waals surface area contributed by atoms with E-state index in [0.717, 1.165) is 19.0 Å². The van der Waals surface area contributed by atoms with Crippen LogP contribution >= 0.6 is 0 Å². The molecule has 1 unspecified atom stereocenters. The lowest BCUT2D eigenvalue weighted by atomic mass is 9.96.